The van der Waals surface area contributed by atoms with E-state index in [1.54, 1.807) is 12.5 Å². The molecule has 2 N–H and O–H groups in total. The molecule has 2 rings (SSSR count). The molecule has 0 unspecified atom stereocenters. The van der Waals surface area contributed by atoms with Gasteiger partial charge in [0, 0.05) is 24.5 Å². The van der Waals surface area contributed by atoms with Crippen molar-refractivity contribution in [1.82, 2.24) is 14.5 Å². The number of pyridine rings is 1. The topological polar surface area (TPSA) is 80.5 Å². The van der Waals surface area contributed by atoms with Crippen LogP contribution >= 0.6 is 0 Å². The second kappa shape index (κ2) is 4.55. The highest BCUT2D eigenvalue weighted by atomic mass is 15.0. The summed E-state index contributed by atoms with van der Waals surface area (Å²) in [5.41, 5.74) is 7.64. The number of hydrogen-bond donors (Lipinski definition) is 1. The van der Waals surface area contributed by atoms with Crippen molar-refractivity contribution in [2.75, 3.05) is 0 Å². The lowest BCUT2D eigenvalue weighted by Crippen LogP contribution is -2.01. The first kappa shape index (κ1) is 10.3. The summed E-state index contributed by atoms with van der Waals surface area (Å²) in [6.07, 6.45) is 5.19. The van der Waals surface area contributed by atoms with Crippen LogP contribution in [0.4, 0.5) is 0 Å². The van der Waals surface area contributed by atoms with Crippen LogP contribution in [0.1, 0.15) is 17.0 Å². The lowest BCUT2D eigenvalue weighted by atomic mass is 10.2. The zero-order valence-electron chi connectivity index (χ0n) is 8.67. The summed E-state index contributed by atoms with van der Waals surface area (Å²) in [5.74, 6) is 0. The zero-order valence-corrected chi connectivity index (χ0v) is 8.67. The van der Waals surface area contributed by atoms with Crippen LogP contribution in [0.3, 0.4) is 0 Å². The number of nitrogens with two attached hydrogens (primary N) is 1. The number of rotatable bonds is 3. The van der Waals surface area contributed by atoms with Gasteiger partial charge in [-0.05, 0) is 6.07 Å². The predicted octanol–water partition coefficient (Wildman–Crippen LogP) is 0.657. The van der Waals surface area contributed by atoms with Gasteiger partial charge >= 0.3 is 0 Å². The smallest absolute Gasteiger partial charge is 0.145 e. The summed E-state index contributed by atoms with van der Waals surface area (Å²) in [4.78, 5) is 8.12. The lowest BCUT2D eigenvalue weighted by molar-refractivity contribution is 0.789. The van der Waals surface area contributed by atoms with E-state index in [0.717, 1.165) is 11.3 Å². The van der Waals surface area contributed by atoms with Crippen LogP contribution in [0.2, 0.25) is 0 Å². The van der Waals surface area contributed by atoms with Crippen molar-refractivity contribution in [3.63, 3.8) is 0 Å². The van der Waals surface area contributed by atoms with Gasteiger partial charge in [-0.25, -0.2) is 9.97 Å². The quantitative estimate of drug-likeness (QED) is 0.812. The Bertz CT molecular complexity index is 523. The average molecular weight is 213 g/mol. The lowest BCUT2D eigenvalue weighted by Gasteiger charge is -2.03. The normalized spacial score (nSPS) is 10.0. The summed E-state index contributed by atoms with van der Waals surface area (Å²) in [5, 5.41) is 8.89. The summed E-state index contributed by atoms with van der Waals surface area (Å²) >= 11 is 0. The Hall–Kier alpha value is -2.19. The first-order valence-electron chi connectivity index (χ1n) is 4.88. The maximum atomic E-state index is 8.89. The van der Waals surface area contributed by atoms with Crippen LogP contribution in [-0.4, -0.2) is 14.5 Å². The van der Waals surface area contributed by atoms with Crippen molar-refractivity contribution < 1.29 is 0 Å². The fourth-order valence-corrected chi connectivity index (χ4v) is 1.46. The van der Waals surface area contributed by atoms with Gasteiger partial charge in [0.25, 0.3) is 0 Å². The fourth-order valence-electron chi connectivity index (χ4n) is 1.46. The van der Waals surface area contributed by atoms with Crippen LogP contribution in [0, 0.1) is 11.3 Å². The van der Waals surface area contributed by atoms with Gasteiger partial charge in [0.05, 0.1) is 18.6 Å². The molecule has 0 radical (unpaired) electrons. The number of nitriles is 1. The third kappa shape index (κ3) is 2.07. The maximum Gasteiger partial charge on any atom is 0.145 e. The van der Waals surface area contributed by atoms with Gasteiger partial charge in [-0.1, -0.05) is 6.07 Å². The molecule has 0 atom stereocenters. The zero-order chi connectivity index (χ0) is 11.4. The number of imidazole rings is 1. The Balaban J connectivity index is 2.24. The Morgan fingerprint density at radius 2 is 2.31 bits per heavy atom. The molecule has 2 heterocycles. The van der Waals surface area contributed by atoms with Crippen molar-refractivity contribution >= 4 is 0 Å². The first-order valence-corrected chi connectivity index (χ1v) is 4.88. The summed E-state index contributed by atoms with van der Waals surface area (Å²) in [6, 6.07) is 5.77. The molecular formula is C11H11N5. The molecular weight excluding hydrogens is 202 g/mol. The molecule has 0 aliphatic carbocycles. The molecule has 0 amide bonds. The molecule has 5 heteroatoms. The molecule has 2 aromatic rings. The molecule has 0 saturated heterocycles. The molecule has 5 nitrogen and oxygen atoms in total. The highest BCUT2D eigenvalue weighted by molar-refractivity contribution is 5.30. The third-order valence-corrected chi connectivity index (χ3v) is 2.25. The van der Waals surface area contributed by atoms with Gasteiger partial charge in [0.15, 0.2) is 0 Å². The molecule has 2 aromatic heterocycles. The van der Waals surface area contributed by atoms with Crippen LogP contribution < -0.4 is 5.73 Å². The second-order valence-corrected chi connectivity index (χ2v) is 3.36. The fraction of sp³-hybridized carbons (Fsp3) is 0.182. The van der Waals surface area contributed by atoms with E-state index in [1.807, 2.05) is 22.9 Å². The van der Waals surface area contributed by atoms with E-state index >= 15 is 0 Å². The van der Waals surface area contributed by atoms with Gasteiger partial charge in [0.2, 0.25) is 0 Å². The summed E-state index contributed by atoms with van der Waals surface area (Å²) in [6.45, 7) is 1.01. The van der Waals surface area contributed by atoms with Crippen molar-refractivity contribution in [3.05, 3.63) is 47.8 Å². The number of aromatic nitrogens is 3. The molecule has 80 valence electrons. The Kier molecular flexibility index (Phi) is 2.94. The van der Waals surface area contributed by atoms with Crippen LogP contribution in [0.5, 0.6) is 0 Å². The van der Waals surface area contributed by atoms with Crippen LogP contribution in [-0.2, 0) is 13.1 Å². The Labute approximate surface area is 93.2 Å². The van der Waals surface area contributed by atoms with Crippen LogP contribution in [0.15, 0.2) is 30.9 Å². The van der Waals surface area contributed by atoms with Crippen LogP contribution in [0.25, 0.3) is 0 Å². The second-order valence-electron chi connectivity index (χ2n) is 3.36. The molecule has 0 aliphatic heterocycles. The molecule has 0 aliphatic rings. The van der Waals surface area contributed by atoms with E-state index in [-0.39, 0.29) is 0 Å². The molecule has 0 spiro atoms. The monoisotopic (exact) mass is 213 g/mol. The molecule has 16 heavy (non-hydrogen) atoms. The van der Waals surface area contributed by atoms with E-state index in [0.29, 0.717) is 18.8 Å². The van der Waals surface area contributed by atoms with Crippen molar-refractivity contribution in [2.24, 2.45) is 5.73 Å². The number of nitrogens with zero attached hydrogens (tertiary/aromatic N) is 4. The highest BCUT2D eigenvalue weighted by Crippen LogP contribution is 2.07. The predicted molar refractivity (Wildman–Crippen MR) is 58.2 cm³/mol. The summed E-state index contributed by atoms with van der Waals surface area (Å²) in [7, 11) is 0. The first-order chi connectivity index (χ1) is 7.83. The minimum absolute atomic E-state index is 0.422. The van der Waals surface area contributed by atoms with Crippen molar-refractivity contribution in [3.8, 4) is 6.07 Å². The standard InChI is InChI=1S/C11H11N5/c12-4-10-7-16(8-15-10)6-9-2-1-3-14-11(9)5-13/h1-3,7-8H,4,6,12H2. The van der Waals surface area contributed by atoms with Gasteiger partial charge in [-0.2, -0.15) is 5.26 Å². The van der Waals surface area contributed by atoms with E-state index < -0.39 is 0 Å². The minimum Gasteiger partial charge on any atom is -0.333 e. The SMILES string of the molecule is N#Cc1ncccc1Cn1cnc(CN)c1. The minimum atomic E-state index is 0.422. The van der Waals surface area contributed by atoms with E-state index in [4.69, 9.17) is 11.0 Å². The summed E-state index contributed by atoms with van der Waals surface area (Å²) < 4.78 is 1.89. The van der Waals surface area contributed by atoms with E-state index in [9.17, 15) is 0 Å². The molecule has 0 aromatic carbocycles. The van der Waals surface area contributed by atoms with Gasteiger partial charge in [-0.3, -0.25) is 0 Å². The highest BCUT2D eigenvalue weighted by Gasteiger charge is 2.03. The number of hydrogen-bond acceptors (Lipinski definition) is 4. The molecule has 0 saturated carbocycles. The third-order valence-electron chi connectivity index (χ3n) is 2.25. The largest absolute Gasteiger partial charge is 0.333 e. The van der Waals surface area contributed by atoms with E-state index in [2.05, 4.69) is 16.0 Å². The van der Waals surface area contributed by atoms with E-state index in [1.165, 1.54) is 0 Å². The maximum absolute atomic E-state index is 8.89. The Morgan fingerprint density at radius 1 is 1.44 bits per heavy atom. The van der Waals surface area contributed by atoms with Crippen molar-refractivity contribution in [1.29, 1.82) is 5.26 Å². The Morgan fingerprint density at radius 3 is 3.00 bits per heavy atom. The average Bonchev–Trinajstić information content (AvgIpc) is 2.77. The van der Waals surface area contributed by atoms with Gasteiger partial charge < -0.3 is 10.3 Å². The van der Waals surface area contributed by atoms with Crippen molar-refractivity contribution in [2.45, 2.75) is 13.1 Å². The van der Waals surface area contributed by atoms with Gasteiger partial charge in [-0.15, -0.1) is 0 Å². The van der Waals surface area contributed by atoms with Gasteiger partial charge in [0.1, 0.15) is 11.8 Å². The molecule has 0 fully saturated rings. The molecule has 0 bridgehead atoms.